The van der Waals surface area contributed by atoms with E-state index < -0.39 is 17.9 Å². The molecule has 1 aromatic heterocycles. The summed E-state index contributed by atoms with van der Waals surface area (Å²) in [4.78, 5) is 33.6. The normalized spacial score (nSPS) is 28.2. The largest absolute Gasteiger partial charge is 0.480 e. The van der Waals surface area contributed by atoms with Crippen LogP contribution in [0.2, 0.25) is 0 Å². The van der Waals surface area contributed by atoms with Crippen molar-refractivity contribution in [2.24, 2.45) is 5.92 Å². The Morgan fingerprint density at radius 3 is 2.67 bits per heavy atom. The second-order valence-electron chi connectivity index (χ2n) is 5.70. The van der Waals surface area contributed by atoms with Crippen molar-refractivity contribution in [3.05, 3.63) is 18.1 Å². The maximum Gasteiger partial charge on any atom is 0.326 e. The summed E-state index contributed by atoms with van der Waals surface area (Å²) in [6.45, 7) is 0. The van der Waals surface area contributed by atoms with Crippen molar-refractivity contribution >= 4 is 17.7 Å². The van der Waals surface area contributed by atoms with Crippen LogP contribution in [0, 0.1) is 5.92 Å². The van der Waals surface area contributed by atoms with Crippen molar-refractivity contribution in [1.29, 1.82) is 0 Å². The summed E-state index contributed by atoms with van der Waals surface area (Å²) in [5.41, 5.74) is 5.76. The summed E-state index contributed by atoms with van der Waals surface area (Å²) >= 11 is 0. The number of hydrogen-bond acceptors (Lipinski definition) is 5. The number of aliphatic carboxylic acids is 1. The van der Waals surface area contributed by atoms with E-state index in [1.807, 2.05) is 0 Å². The molecule has 2 aliphatic rings. The molecular weight excluding hydrogens is 272 g/mol. The van der Waals surface area contributed by atoms with E-state index in [0.717, 1.165) is 25.7 Å². The van der Waals surface area contributed by atoms with Crippen molar-refractivity contribution in [2.75, 3.05) is 5.73 Å². The number of amides is 1. The Morgan fingerprint density at radius 1 is 1.24 bits per heavy atom. The Bertz CT molecular complexity index is 577. The van der Waals surface area contributed by atoms with Crippen molar-refractivity contribution in [1.82, 2.24) is 14.9 Å². The van der Waals surface area contributed by atoms with Gasteiger partial charge in [-0.15, -0.1) is 0 Å². The topological polar surface area (TPSA) is 109 Å². The molecule has 0 radical (unpaired) electrons. The van der Waals surface area contributed by atoms with Gasteiger partial charge in [-0.25, -0.2) is 14.8 Å². The number of carboxylic acids is 1. The minimum Gasteiger partial charge on any atom is -0.480 e. The lowest BCUT2D eigenvalue weighted by molar-refractivity contribution is -0.141. The van der Waals surface area contributed by atoms with Gasteiger partial charge in [0.2, 0.25) is 0 Å². The van der Waals surface area contributed by atoms with Crippen LogP contribution in [0.4, 0.5) is 5.82 Å². The number of nitrogens with zero attached hydrogens (tertiary/aromatic N) is 3. The van der Waals surface area contributed by atoms with Gasteiger partial charge in [0.1, 0.15) is 6.04 Å². The number of nitrogen functional groups attached to an aromatic ring is 1. The number of fused-ring (bicyclic) bond motifs is 1. The molecule has 7 nitrogen and oxygen atoms in total. The van der Waals surface area contributed by atoms with Crippen LogP contribution in [0.25, 0.3) is 0 Å². The number of rotatable bonds is 2. The molecular formula is C14H18N4O3. The van der Waals surface area contributed by atoms with Gasteiger partial charge in [0, 0.05) is 18.4 Å². The highest BCUT2D eigenvalue weighted by atomic mass is 16.4. The van der Waals surface area contributed by atoms with Gasteiger partial charge in [0.15, 0.2) is 11.5 Å². The molecule has 2 heterocycles. The fourth-order valence-electron chi connectivity index (χ4n) is 3.61. The predicted molar refractivity (Wildman–Crippen MR) is 74.4 cm³/mol. The number of carbonyl (C=O) groups is 2. The van der Waals surface area contributed by atoms with Crippen LogP contribution < -0.4 is 5.73 Å². The first-order valence-electron chi connectivity index (χ1n) is 7.21. The van der Waals surface area contributed by atoms with Crippen LogP contribution in [-0.2, 0) is 4.79 Å². The van der Waals surface area contributed by atoms with E-state index in [4.69, 9.17) is 5.73 Å². The first kappa shape index (κ1) is 13.8. The third-order valence-corrected chi connectivity index (χ3v) is 4.54. The lowest BCUT2D eigenvalue weighted by Crippen LogP contribution is -2.46. The zero-order valence-electron chi connectivity index (χ0n) is 11.6. The highest BCUT2D eigenvalue weighted by molar-refractivity contribution is 5.98. The summed E-state index contributed by atoms with van der Waals surface area (Å²) in [6.07, 6.45) is 7.28. The van der Waals surface area contributed by atoms with E-state index in [9.17, 15) is 14.7 Å². The van der Waals surface area contributed by atoms with Crippen molar-refractivity contribution in [3.63, 3.8) is 0 Å². The average Bonchev–Trinajstić information content (AvgIpc) is 2.86. The fraction of sp³-hybridized carbons (Fsp3) is 0.571. The number of nitrogens with two attached hydrogens (primary N) is 1. The van der Waals surface area contributed by atoms with E-state index in [0.29, 0.717) is 6.42 Å². The summed E-state index contributed by atoms with van der Waals surface area (Å²) in [5.74, 6) is -1.06. The van der Waals surface area contributed by atoms with Crippen molar-refractivity contribution in [2.45, 2.75) is 44.2 Å². The third kappa shape index (κ3) is 2.32. The van der Waals surface area contributed by atoms with Gasteiger partial charge >= 0.3 is 5.97 Å². The van der Waals surface area contributed by atoms with E-state index in [2.05, 4.69) is 9.97 Å². The second-order valence-corrected chi connectivity index (χ2v) is 5.70. The lowest BCUT2D eigenvalue weighted by Gasteiger charge is -2.32. The monoisotopic (exact) mass is 290 g/mol. The minimum atomic E-state index is -0.958. The van der Waals surface area contributed by atoms with Gasteiger partial charge in [0.25, 0.3) is 5.91 Å². The summed E-state index contributed by atoms with van der Waals surface area (Å²) in [7, 11) is 0. The van der Waals surface area contributed by atoms with Gasteiger partial charge in [-0.1, -0.05) is 12.8 Å². The zero-order valence-corrected chi connectivity index (χ0v) is 11.6. The molecule has 3 N–H and O–H groups in total. The first-order chi connectivity index (χ1) is 10.1. The molecule has 3 unspecified atom stereocenters. The van der Waals surface area contributed by atoms with Gasteiger partial charge in [-0.05, 0) is 25.2 Å². The van der Waals surface area contributed by atoms with Crippen LogP contribution in [0.1, 0.15) is 42.6 Å². The number of anilines is 1. The highest BCUT2D eigenvalue weighted by Gasteiger charge is 2.48. The van der Waals surface area contributed by atoms with Crippen molar-refractivity contribution in [3.8, 4) is 0 Å². The lowest BCUT2D eigenvalue weighted by atomic mass is 9.84. The Morgan fingerprint density at radius 2 is 1.95 bits per heavy atom. The van der Waals surface area contributed by atoms with Crippen LogP contribution in [0.15, 0.2) is 12.4 Å². The number of carboxylic acid groups (broad SMARTS) is 1. The molecule has 0 spiro atoms. The molecule has 1 saturated heterocycles. The van der Waals surface area contributed by atoms with Crippen LogP contribution in [0.5, 0.6) is 0 Å². The predicted octanol–water partition coefficient (Wildman–Crippen LogP) is 0.917. The number of hydrogen-bond donors (Lipinski definition) is 2. The Balaban J connectivity index is 1.95. The van der Waals surface area contributed by atoms with Gasteiger partial charge < -0.3 is 15.7 Å². The molecule has 2 fully saturated rings. The Kier molecular flexibility index (Phi) is 3.48. The highest BCUT2D eigenvalue weighted by Crippen LogP contribution is 2.40. The van der Waals surface area contributed by atoms with Gasteiger partial charge in [-0.2, -0.15) is 0 Å². The van der Waals surface area contributed by atoms with Crippen LogP contribution in [-0.4, -0.2) is 43.9 Å². The zero-order chi connectivity index (χ0) is 15.0. The molecule has 3 rings (SSSR count). The molecule has 1 saturated carbocycles. The summed E-state index contributed by atoms with van der Waals surface area (Å²) in [5, 5.41) is 9.43. The van der Waals surface area contributed by atoms with Crippen LogP contribution in [0.3, 0.4) is 0 Å². The Hall–Kier alpha value is -2.18. The van der Waals surface area contributed by atoms with Gasteiger partial charge in [-0.3, -0.25) is 4.79 Å². The second kappa shape index (κ2) is 5.31. The number of carbonyl (C=O) groups excluding carboxylic acids is 1. The molecule has 1 aliphatic heterocycles. The molecule has 0 aromatic carbocycles. The standard InChI is InChI=1S/C14H18N4O3/c15-12-11(16-5-6-17-12)13(19)18-9-4-2-1-3-8(9)7-10(18)14(20)21/h5-6,8-10H,1-4,7H2,(H2,15,17)(H,20,21). The number of likely N-dealkylation sites (tertiary alicyclic amines) is 1. The average molecular weight is 290 g/mol. The van der Waals surface area contributed by atoms with Gasteiger partial charge in [0.05, 0.1) is 0 Å². The molecule has 1 aliphatic carbocycles. The smallest absolute Gasteiger partial charge is 0.326 e. The molecule has 0 bridgehead atoms. The molecule has 112 valence electrons. The number of aromatic nitrogens is 2. The van der Waals surface area contributed by atoms with Crippen molar-refractivity contribution < 1.29 is 14.7 Å². The fourth-order valence-corrected chi connectivity index (χ4v) is 3.61. The molecule has 7 heteroatoms. The quantitative estimate of drug-likeness (QED) is 0.838. The molecule has 3 atom stereocenters. The SMILES string of the molecule is Nc1nccnc1C(=O)N1C(C(=O)O)CC2CCCCC21. The van der Waals surface area contributed by atoms with E-state index in [1.165, 1.54) is 17.3 Å². The molecule has 1 aromatic rings. The van der Waals surface area contributed by atoms with Crippen LogP contribution >= 0.6 is 0 Å². The Labute approximate surface area is 122 Å². The summed E-state index contributed by atoms with van der Waals surface area (Å²) < 4.78 is 0. The van der Waals surface area contributed by atoms with E-state index in [1.54, 1.807) is 0 Å². The first-order valence-corrected chi connectivity index (χ1v) is 7.21. The molecule has 1 amide bonds. The summed E-state index contributed by atoms with van der Waals surface area (Å²) in [6, 6.07) is -0.805. The maximum absolute atomic E-state index is 12.7. The van der Waals surface area contributed by atoms with E-state index in [-0.39, 0.29) is 23.5 Å². The third-order valence-electron chi connectivity index (χ3n) is 4.54. The molecule has 21 heavy (non-hydrogen) atoms. The minimum absolute atomic E-state index is 0.0197. The maximum atomic E-state index is 12.7. The van der Waals surface area contributed by atoms with E-state index >= 15 is 0 Å².